The predicted molar refractivity (Wildman–Crippen MR) is 86.7 cm³/mol. The van der Waals surface area contributed by atoms with Crippen molar-refractivity contribution < 1.29 is 9.31 Å². The molecule has 1 heterocycles. The molecule has 0 spiro atoms. The SMILES string of the molecule is O=[N+]([O-])C1CN(Cc2ccccc2)CC1c1c(F)cccc1Cl. The van der Waals surface area contributed by atoms with Gasteiger partial charge in [0, 0.05) is 28.6 Å². The Morgan fingerprint density at radius 3 is 2.57 bits per heavy atom. The molecule has 3 rings (SSSR count). The van der Waals surface area contributed by atoms with E-state index < -0.39 is 17.8 Å². The Bertz CT molecular complexity index is 691. The zero-order valence-corrected chi connectivity index (χ0v) is 13.1. The van der Waals surface area contributed by atoms with Crippen LogP contribution >= 0.6 is 11.6 Å². The zero-order chi connectivity index (χ0) is 16.4. The Labute approximate surface area is 138 Å². The summed E-state index contributed by atoms with van der Waals surface area (Å²) in [6.07, 6.45) is 0. The van der Waals surface area contributed by atoms with Crippen molar-refractivity contribution in [3.63, 3.8) is 0 Å². The number of nitrogens with zero attached hydrogens (tertiary/aromatic N) is 2. The number of halogens is 2. The van der Waals surface area contributed by atoms with Gasteiger partial charge < -0.3 is 0 Å². The quantitative estimate of drug-likeness (QED) is 0.632. The van der Waals surface area contributed by atoms with Crippen LogP contribution in [0.5, 0.6) is 0 Å². The second-order valence-corrected chi connectivity index (χ2v) is 6.18. The molecule has 23 heavy (non-hydrogen) atoms. The van der Waals surface area contributed by atoms with Gasteiger partial charge in [-0.15, -0.1) is 0 Å². The van der Waals surface area contributed by atoms with Gasteiger partial charge in [0.05, 0.1) is 12.5 Å². The number of rotatable bonds is 4. The molecule has 2 aromatic carbocycles. The topological polar surface area (TPSA) is 46.4 Å². The van der Waals surface area contributed by atoms with Crippen LogP contribution < -0.4 is 0 Å². The standard InChI is InChI=1S/C17H16ClFN2O2/c18-14-7-4-8-15(19)17(14)13-10-20(11-16(13)21(22)23)9-12-5-2-1-3-6-12/h1-8,13,16H,9-11H2. The van der Waals surface area contributed by atoms with Crippen LogP contribution in [0.4, 0.5) is 4.39 Å². The highest BCUT2D eigenvalue weighted by Crippen LogP contribution is 2.36. The van der Waals surface area contributed by atoms with E-state index in [0.717, 1.165) is 5.56 Å². The van der Waals surface area contributed by atoms with E-state index >= 15 is 0 Å². The van der Waals surface area contributed by atoms with Crippen molar-refractivity contribution in [2.75, 3.05) is 13.1 Å². The van der Waals surface area contributed by atoms with E-state index in [0.29, 0.717) is 13.1 Å². The molecule has 1 aliphatic heterocycles. The number of hydrogen-bond acceptors (Lipinski definition) is 3. The molecule has 4 nitrogen and oxygen atoms in total. The molecule has 0 amide bonds. The Kier molecular flexibility index (Phi) is 4.59. The van der Waals surface area contributed by atoms with Crippen molar-refractivity contribution in [3.8, 4) is 0 Å². The number of likely N-dealkylation sites (tertiary alicyclic amines) is 1. The third kappa shape index (κ3) is 3.35. The van der Waals surface area contributed by atoms with Crippen LogP contribution in [0, 0.1) is 15.9 Å². The first-order valence-electron chi connectivity index (χ1n) is 7.40. The molecule has 2 unspecified atom stereocenters. The van der Waals surface area contributed by atoms with Gasteiger partial charge in [0.2, 0.25) is 6.04 Å². The summed E-state index contributed by atoms with van der Waals surface area (Å²) in [5, 5.41) is 11.7. The van der Waals surface area contributed by atoms with E-state index in [4.69, 9.17) is 11.6 Å². The molecule has 0 aliphatic carbocycles. The highest BCUT2D eigenvalue weighted by molar-refractivity contribution is 6.31. The molecule has 6 heteroatoms. The van der Waals surface area contributed by atoms with E-state index in [1.807, 2.05) is 35.2 Å². The summed E-state index contributed by atoms with van der Waals surface area (Å²) in [6, 6.07) is 13.3. The largest absolute Gasteiger partial charge is 0.292 e. The molecule has 1 fully saturated rings. The lowest BCUT2D eigenvalue weighted by Crippen LogP contribution is -2.28. The van der Waals surface area contributed by atoms with Gasteiger partial charge in [0.1, 0.15) is 5.82 Å². The lowest BCUT2D eigenvalue weighted by atomic mass is 9.94. The van der Waals surface area contributed by atoms with Crippen LogP contribution in [0.1, 0.15) is 17.0 Å². The summed E-state index contributed by atoms with van der Waals surface area (Å²) in [6.45, 7) is 1.31. The molecule has 1 aliphatic rings. The molecule has 0 saturated carbocycles. The summed E-state index contributed by atoms with van der Waals surface area (Å²) in [4.78, 5) is 13.1. The highest BCUT2D eigenvalue weighted by Gasteiger charge is 2.43. The Balaban J connectivity index is 1.86. The summed E-state index contributed by atoms with van der Waals surface area (Å²) >= 11 is 6.11. The molecule has 0 radical (unpaired) electrons. The van der Waals surface area contributed by atoms with Crippen LogP contribution in [0.2, 0.25) is 5.02 Å². The zero-order valence-electron chi connectivity index (χ0n) is 12.4. The first-order chi connectivity index (χ1) is 11.1. The highest BCUT2D eigenvalue weighted by atomic mass is 35.5. The van der Waals surface area contributed by atoms with Gasteiger partial charge in [-0.05, 0) is 17.7 Å². The summed E-state index contributed by atoms with van der Waals surface area (Å²) in [5.41, 5.74) is 1.33. The first-order valence-corrected chi connectivity index (χ1v) is 7.77. The maximum Gasteiger partial charge on any atom is 0.233 e. The van der Waals surface area contributed by atoms with Gasteiger partial charge >= 0.3 is 0 Å². The van der Waals surface area contributed by atoms with Gasteiger partial charge in [-0.3, -0.25) is 15.0 Å². The summed E-state index contributed by atoms with van der Waals surface area (Å²) in [5.74, 6) is -1.02. The fourth-order valence-electron chi connectivity index (χ4n) is 3.20. The van der Waals surface area contributed by atoms with E-state index in [1.165, 1.54) is 12.1 Å². The number of hydrogen-bond donors (Lipinski definition) is 0. The van der Waals surface area contributed by atoms with E-state index in [9.17, 15) is 14.5 Å². The van der Waals surface area contributed by atoms with Crippen molar-refractivity contribution in [2.45, 2.75) is 18.5 Å². The third-order valence-electron chi connectivity index (χ3n) is 4.25. The van der Waals surface area contributed by atoms with E-state index in [-0.39, 0.29) is 22.1 Å². The smallest absolute Gasteiger partial charge is 0.233 e. The molecule has 120 valence electrons. The second-order valence-electron chi connectivity index (χ2n) is 5.77. The van der Waals surface area contributed by atoms with Crippen LogP contribution in [0.3, 0.4) is 0 Å². The van der Waals surface area contributed by atoms with Gasteiger partial charge in [-0.25, -0.2) is 4.39 Å². The van der Waals surface area contributed by atoms with Crippen LogP contribution in [-0.2, 0) is 6.54 Å². The van der Waals surface area contributed by atoms with Gasteiger partial charge in [-0.1, -0.05) is 48.0 Å². The molecule has 0 bridgehead atoms. The minimum atomic E-state index is -0.854. The second kappa shape index (κ2) is 6.64. The fourth-order valence-corrected chi connectivity index (χ4v) is 3.50. The first kappa shape index (κ1) is 15.9. The minimum absolute atomic E-state index is 0.253. The van der Waals surface area contributed by atoms with Crippen molar-refractivity contribution in [1.82, 2.24) is 4.90 Å². The minimum Gasteiger partial charge on any atom is -0.292 e. The van der Waals surface area contributed by atoms with Crippen LogP contribution in [-0.4, -0.2) is 29.0 Å². The maximum atomic E-state index is 14.2. The molecule has 2 aromatic rings. The lowest BCUT2D eigenvalue weighted by Gasteiger charge is -2.16. The van der Waals surface area contributed by atoms with Crippen LogP contribution in [0.25, 0.3) is 0 Å². The van der Waals surface area contributed by atoms with Gasteiger partial charge in [0.15, 0.2) is 0 Å². The Morgan fingerprint density at radius 1 is 1.17 bits per heavy atom. The average Bonchev–Trinajstić information content (AvgIpc) is 2.92. The fraction of sp³-hybridized carbons (Fsp3) is 0.294. The summed E-state index contributed by atoms with van der Waals surface area (Å²) in [7, 11) is 0. The third-order valence-corrected chi connectivity index (χ3v) is 4.58. The lowest BCUT2D eigenvalue weighted by molar-refractivity contribution is -0.521. The predicted octanol–water partition coefficient (Wildman–Crippen LogP) is 3.72. The van der Waals surface area contributed by atoms with Crippen molar-refractivity contribution in [3.05, 3.63) is 80.6 Å². The van der Waals surface area contributed by atoms with Gasteiger partial charge in [-0.2, -0.15) is 0 Å². The Morgan fingerprint density at radius 2 is 1.91 bits per heavy atom. The number of nitro groups is 1. The molecule has 0 aromatic heterocycles. The van der Waals surface area contributed by atoms with Crippen molar-refractivity contribution >= 4 is 11.6 Å². The van der Waals surface area contributed by atoms with Crippen molar-refractivity contribution in [2.24, 2.45) is 0 Å². The van der Waals surface area contributed by atoms with Crippen molar-refractivity contribution in [1.29, 1.82) is 0 Å². The monoisotopic (exact) mass is 334 g/mol. The van der Waals surface area contributed by atoms with E-state index in [2.05, 4.69) is 0 Å². The number of benzene rings is 2. The summed E-state index contributed by atoms with van der Waals surface area (Å²) < 4.78 is 14.2. The molecular weight excluding hydrogens is 319 g/mol. The molecule has 1 saturated heterocycles. The van der Waals surface area contributed by atoms with Gasteiger partial charge in [0.25, 0.3) is 0 Å². The molecule has 2 atom stereocenters. The molecule has 0 N–H and O–H groups in total. The van der Waals surface area contributed by atoms with E-state index in [1.54, 1.807) is 6.07 Å². The maximum absolute atomic E-state index is 14.2. The Hall–Kier alpha value is -1.98. The molecular formula is C17H16ClFN2O2. The normalized spacial score (nSPS) is 21.5. The van der Waals surface area contributed by atoms with Crippen LogP contribution in [0.15, 0.2) is 48.5 Å². The average molecular weight is 335 g/mol.